The van der Waals surface area contributed by atoms with Crippen LogP contribution in [0.3, 0.4) is 0 Å². The second-order valence-corrected chi connectivity index (χ2v) is 5.65. The lowest BCUT2D eigenvalue weighted by Gasteiger charge is -2.36. The van der Waals surface area contributed by atoms with Crippen molar-refractivity contribution in [2.75, 3.05) is 27.2 Å². The SMILES string of the molecule is CN(C)C[C@H]1CCCCN1C(=O)OCc1ccccc1. The second-order valence-electron chi connectivity index (χ2n) is 5.65. The molecule has 0 N–H and O–H groups in total. The predicted octanol–water partition coefficient (Wildman–Crippen LogP) is 2.74. The maximum Gasteiger partial charge on any atom is 0.410 e. The molecule has 4 nitrogen and oxygen atoms in total. The Balaban J connectivity index is 1.89. The van der Waals surface area contributed by atoms with Crippen LogP contribution in [0.25, 0.3) is 0 Å². The molecule has 1 aliphatic rings. The highest BCUT2D eigenvalue weighted by Crippen LogP contribution is 2.19. The quantitative estimate of drug-likeness (QED) is 0.847. The molecule has 20 heavy (non-hydrogen) atoms. The number of rotatable bonds is 4. The molecule has 1 atom stereocenters. The first kappa shape index (κ1) is 14.9. The van der Waals surface area contributed by atoms with Crippen LogP contribution < -0.4 is 0 Å². The van der Waals surface area contributed by atoms with Crippen LogP contribution in [-0.2, 0) is 11.3 Å². The Morgan fingerprint density at radius 2 is 2.05 bits per heavy atom. The Labute approximate surface area is 121 Å². The fourth-order valence-electron chi connectivity index (χ4n) is 2.65. The van der Waals surface area contributed by atoms with E-state index < -0.39 is 0 Å². The number of carbonyl (C=O) groups excluding carboxylic acids is 1. The number of carbonyl (C=O) groups is 1. The van der Waals surface area contributed by atoms with E-state index in [-0.39, 0.29) is 12.1 Å². The molecule has 0 unspecified atom stereocenters. The molecule has 110 valence electrons. The number of hydrogen-bond donors (Lipinski definition) is 0. The number of hydrogen-bond acceptors (Lipinski definition) is 3. The van der Waals surface area contributed by atoms with E-state index in [0.29, 0.717) is 6.61 Å². The van der Waals surface area contributed by atoms with Crippen molar-refractivity contribution in [3.63, 3.8) is 0 Å². The topological polar surface area (TPSA) is 32.8 Å². The molecule has 1 heterocycles. The molecule has 0 aromatic heterocycles. The van der Waals surface area contributed by atoms with Crippen molar-refractivity contribution in [3.8, 4) is 0 Å². The molecule has 1 aromatic rings. The van der Waals surface area contributed by atoms with Gasteiger partial charge in [0.25, 0.3) is 0 Å². The van der Waals surface area contributed by atoms with E-state index in [1.807, 2.05) is 49.3 Å². The third-order valence-corrected chi connectivity index (χ3v) is 3.64. The van der Waals surface area contributed by atoms with E-state index in [4.69, 9.17) is 4.74 Å². The summed E-state index contributed by atoms with van der Waals surface area (Å²) >= 11 is 0. The van der Waals surface area contributed by atoms with Crippen molar-refractivity contribution in [1.82, 2.24) is 9.80 Å². The van der Waals surface area contributed by atoms with Gasteiger partial charge >= 0.3 is 6.09 Å². The highest BCUT2D eigenvalue weighted by atomic mass is 16.6. The van der Waals surface area contributed by atoms with Crippen LogP contribution in [0.4, 0.5) is 4.79 Å². The van der Waals surface area contributed by atoms with E-state index in [1.165, 1.54) is 6.42 Å². The van der Waals surface area contributed by atoms with Gasteiger partial charge in [-0.2, -0.15) is 0 Å². The highest BCUT2D eigenvalue weighted by Gasteiger charge is 2.28. The van der Waals surface area contributed by atoms with Crippen LogP contribution in [0.1, 0.15) is 24.8 Å². The van der Waals surface area contributed by atoms with Crippen LogP contribution >= 0.6 is 0 Å². The minimum Gasteiger partial charge on any atom is -0.445 e. The summed E-state index contributed by atoms with van der Waals surface area (Å²) in [6.07, 6.45) is 3.16. The monoisotopic (exact) mass is 276 g/mol. The maximum absolute atomic E-state index is 12.2. The average molecular weight is 276 g/mol. The lowest BCUT2D eigenvalue weighted by atomic mass is 10.0. The fourth-order valence-corrected chi connectivity index (χ4v) is 2.65. The van der Waals surface area contributed by atoms with Crippen LogP contribution in [0.15, 0.2) is 30.3 Å². The van der Waals surface area contributed by atoms with E-state index >= 15 is 0 Å². The third-order valence-electron chi connectivity index (χ3n) is 3.64. The summed E-state index contributed by atoms with van der Waals surface area (Å²) in [5.41, 5.74) is 1.03. The Kier molecular flexibility index (Phi) is 5.41. The Bertz CT molecular complexity index is 420. The summed E-state index contributed by atoms with van der Waals surface area (Å²) in [5.74, 6) is 0. The van der Waals surface area contributed by atoms with Crippen molar-refractivity contribution in [2.45, 2.75) is 31.9 Å². The predicted molar refractivity (Wildman–Crippen MR) is 79.5 cm³/mol. The molecule has 1 saturated heterocycles. The third kappa shape index (κ3) is 4.23. The summed E-state index contributed by atoms with van der Waals surface area (Å²) < 4.78 is 5.45. The summed E-state index contributed by atoms with van der Waals surface area (Å²) in [6, 6.07) is 10.1. The van der Waals surface area contributed by atoms with Gasteiger partial charge in [0.05, 0.1) is 0 Å². The van der Waals surface area contributed by atoms with Gasteiger partial charge in [-0.3, -0.25) is 0 Å². The molecule has 0 radical (unpaired) electrons. The lowest BCUT2D eigenvalue weighted by Crippen LogP contribution is -2.48. The zero-order valence-corrected chi connectivity index (χ0v) is 12.4. The van der Waals surface area contributed by atoms with Crippen molar-refractivity contribution in [1.29, 1.82) is 0 Å². The largest absolute Gasteiger partial charge is 0.445 e. The number of benzene rings is 1. The molecular formula is C16H24N2O2. The van der Waals surface area contributed by atoms with Gasteiger partial charge in [-0.05, 0) is 38.9 Å². The molecule has 1 aromatic carbocycles. The van der Waals surface area contributed by atoms with Crippen LogP contribution in [-0.4, -0.2) is 49.1 Å². The van der Waals surface area contributed by atoms with Gasteiger partial charge in [0, 0.05) is 19.1 Å². The smallest absolute Gasteiger partial charge is 0.410 e. The molecule has 0 saturated carbocycles. The number of likely N-dealkylation sites (N-methyl/N-ethyl adjacent to an activating group) is 1. The zero-order chi connectivity index (χ0) is 14.4. The molecule has 0 bridgehead atoms. The summed E-state index contributed by atoms with van der Waals surface area (Å²) in [6.45, 7) is 2.07. The van der Waals surface area contributed by atoms with Gasteiger partial charge in [0.2, 0.25) is 0 Å². The molecule has 1 aliphatic heterocycles. The average Bonchev–Trinajstić information content (AvgIpc) is 2.46. The number of likely N-dealkylation sites (tertiary alicyclic amines) is 1. The second kappa shape index (κ2) is 7.29. The fraction of sp³-hybridized carbons (Fsp3) is 0.562. The molecule has 2 rings (SSSR count). The Morgan fingerprint density at radius 1 is 1.30 bits per heavy atom. The van der Waals surface area contributed by atoms with Gasteiger partial charge < -0.3 is 14.5 Å². The number of piperidine rings is 1. The van der Waals surface area contributed by atoms with Gasteiger partial charge in [-0.25, -0.2) is 4.79 Å². The van der Waals surface area contributed by atoms with Crippen molar-refractivity contribution < 1.29 is 9.53 Å². The molecule has 4 heteroatoms. The van der Waals surface area contributed by atoms with E-state index in [0.717, 1.165) is 31.5 Å². The lowest BCUT2D eigenvalue weighted by molar-refractivity contribution is 0.0613. The van der Waals surface area contributed by atoms with E-state index in [2.05, 4.69) is 4.90 Å². The highest BCUT2D eigenvalue weighted by molar-refractivity contribution is 5.68. The van der Waals surface area contributed by atoms with Gasteiger partial charge in [0.1, 0.15) is 6.61 Å². The molecule has 0 aliphatic carbocycles. The Hall–Kier alpha value is -1.55. The van der Waals surface area contributed by atoms with Crippen LogP contribution in [0.2, 0.25) is 0 Å². The Morgan fingerprint density at radius 3 is 2.75 bits per heavy atom. The minimum atomic E-state index is -0.180. The summed E-state index contributed by atoms with van der Waals surface area (Å²) in [7, 11) is 4.09. The van der Waals surface area contributed by atoms with Gasteiger partial charge in [-0.15, -0.1) is 0 Å². The zero-order valence-electron chi connectivity index (χ0n) is 12.4. The van der Waals surface area contributed by atoms with E-state index in [1.54, 1.807) is 0 Å². The van der Waals surface area contributed by atoms with Crippen molar-refractivity contribution in [3.05, 3.63) is 35.9 Å². The number of ether oxygens (including phenoxy) is 1. The molecule has 1 amide bonds. The number of nitrogens with zero attached hydrogens (tertiary/aromatic N) is 2. The standard InChI is InChI=1S/C16H24N2O2/c1-17(2)12-15-10-6-7-11-18(15)16(19)20-13-14-8-4-3-5-9-14/h3-5,8-9,15H,6-7,10-13H2,1-2H3/t15-/m1/s1. The summed E-state index contributed by atoms with van der Waals surface area (Å²) in [5, 5.41) is 0. The summed E-state index contributed by atoms with van der Waals surface area (Å²) in [4.78, 5) is 16.3. The number of amides is 1. The van der Waals surface area contributed by atoms with Crippen molar-refractivity contribution in [2.24, 2.45) is 0 Å². The first-order chi connectivity index (χ1) is 9.66. The maximum atomic E-state index is 12.2. The van der Waals surface area contributed by atoms with Crippen LogP contribution in [0.5, 0.6) is 0 Å². The molecule has 0 spiro atoms. The van der Waals surface area contributed by atoms with Crippen LogP contribution in [0, 0.1) is 0 Å². The van der Waals surface area contributed by atoms with E-state index in [9.17, 15) is 4.79 Å². The normalized spacial score (nSPS) is 19.1. The molecular weight excluding hydrogens is 252 g/mol. The molecule has 1 fully saturated rings. The van der Waals surface area contributed by atoms with Gasteiger partial charge in [-0.1, -0.05) is 30.3 Å². The van der Waals surface area contributed by atoms with Crippen molar-refractivity contribution >= 4 is 6.09 Å². The first-order valence-electron chi connectivity index (χ1n) is 7.29. The van der Waals surface area contributed by atoms with Gasteiger partial charge in [0.15, 0.2) is 0 Å². The first-order valence-corrected chi connectivity index (χ1v) is 7.29. The minimum absolute atomic E-state index is 0.180.